The monoisotopic (exact) mass is 721 g/mol. The van der Waals surface area contributed by atoms with Gasteiger partial charge >= 0.3 is 37.7 Å². The summed E-state index contributed by atoms with van der Waals surface area (Å²) < 4.78 is 6.06. The van der Waals surface area contributed by atoms with E-state index in [0.29, 0.717) is 28.1 Å². The molecule has 3 aromatic heterocycles. The summed E-state index contributed by atoms with van der Waals surface area (Å²) >= 11 is 0. The van der Waals surface area contributed by atoms with Crippen molar-refractivity contribution < 1.29 is 62.3 Å². The minimum Gasteiger partial charge on any atom is -0.868 e. The van der Waals surface area contributed by atoms with E-state index in [9.17, 15) is 10.2 Å². The predicted molar refractivity (Wildman–Crippen MR) is 215 cm³/mol. The maximum absolute atomic E-state index is 14.5. The Morgan fingerprint density at radius 2 is 1.02 bits per heavy atom. The first-order chi connectivity index (χ1) is 27.1. The summed E-state index contributed by atoms with van der Waals surface area (Å²) in [5.74, 6) is 0.422. The third-order valence-corrected chi connectivity index (χ3v) is 10.9. The van der Waals surface area contributed by atoms with Crippen LogP contribution >= 0.6 is 0 Å². The van der Waals surface area contributed by atoms with Crippen LogP contribution < -0.4 is 57.9 Å². The molecular formula is C49H29Li2N3O3+2. The van der Waals surface area contributed by atoms with E-state index in [2.05, 4.69) is 64.6 Å². The number of nitrogens with zero attached hydrogens (tertiary/aromatic N) is 1. The fourth-order valence-electron chi connectivity index (χ4n) is 8.38. The molecule has 11 rings (SSSR count). The first-order valence-corrected chi connectivity index (χ1v) is 18.2. The van der Waals surface area contributed by atoms with Crippen LogP contribution in [-0.2, 0) is 0 Å². The third-order valence-electron chi connectivity index (χ3n) is 10.9. The van der Waals surface area contributed by atoms with Gasteiger partial charge in [0.2, 0.25) is 16.9 Å². The van der Waals surface area contributed by atoms with Crippen LogP contribution in [-0.4, -0.2) is 4.98 Å². The van der Waals surface area contributed by atoms with Crippen LogP contribution in [0.5, 0.6) is 11.5 Å². The van der Waals surface area contributed by atoms with Crippen LogP contribution in [0.3, 0.4) is 0 Å². The van der Waals surface area contributed by atoms with E-state index in [1.807, 2.05) is 97.1 Å². The number of nitrogens with one attached hydrogen (secondary N) is 2. The van der Waals surface area contributed by atoms with Crippen molar-refractivity contribution in [3.63, 3.8) is 0 Å². The number of rotatable bonds is 4. The SMILES string of the molecule is [Li+].[Li+].[O-]c1c(-c2c3ccccc3c(-c3ccc4ccc[nH+]c4c3[O-])c3c2ccc2c(-c4ccc(-c5nc6ccccc6o5)cc4)cccc23)ccc2ccc[nH+]c12. The van der Waals surface area contributed by atoms with Gasteiger partial charge < -0.3 is 14.6 Å². The molecule has 57 heavy (non-hydrogen) atoms. The number of hydrogen-bond donors (Lipinski definition) is 0. The van der Waals surface area contributed by atoms with Crippen molar-refractivity contribution in [1.82, 2.24) is 4.98 Å². The molecule has 6 nitrogen and oxygen atoms in total. The zero-order valence-electron chi connectivity index (χ0n) is 31.3. The molecule has 0 saturated heterocycles. The summed E-state index contributed by atoms with van der Waals surface area (Å²) in [4.78, 5) is 11.1. The topological polar surface area (TPSA) is 100 Å². The molecule has 0 spiro atoms. The van der Waals surface area contributed by atoms with E-state index >= 15 is 0 Å². The Labute approximate surface area is 350 Å². The molecule has 0 fully saturated rings. The van der Waals surface area contributed by atoms with Crippen molar-refractivity contribution in [2.45, 2.75) is 0 Å². The summed E-state index contributed by atoms with van der Waals surface area (Å²) in [6, 6.07) is 50.3. The van der Waals surface area contributed by atoms with E-state index in [-0.39, 0.29) is 49.2 Å². The summed E-state index contributed by atoms with van der Waals surface area (Å²) in [7, 11) is 0. The van der Waals surface area contributed by atoms with Crippen molar-refractivity contribution in [3.05, 3.63) is 164 Å². The molecule has 0 aliphatic carbocycles. The molecule has 3 heterocycles. The number of aromatic nitrogens is 3. The molecule has 11 aromatic rings. The number of H-pyrrole nitrogens is 2. The molecule has 0 aliphatic heterocycles. The Morgan fingerprint density at radius 1 is 0.439 bits per heavy atom. The van der Waals surface area contributed by atoms with Crippen molar-refractivity contribution in [2.24, 2.45) is 0 Å². The second-order valence-corrected chi connectivity index (χ2v) is 13.9. The van der Waals surface area contributed by atoms with Crippen LogP contribution in [0.1, 0.15) is 0 Å². The van der Waals surface area contributed by atoms with Gasteiger partial charge in [0.05, 0.1) is 0 Å². The molecule has 0 amide bonds. The molecule has 0 radical (unpaired) electrons. The Hall–Kier alpha value is -6.38. The van der Waals surface area contributed by atoms with Gasteiger partial charge in [-0.2, -0.15) is 0 Å². The average molecular weight is 722 g/mol. The second kappa shape index (κ2) is 14.3. The fraction of sp³-hybridized carbons (Fsp3) is 0. The van der Waals surface area contributed by atoms with Gasteiger partial charge in [-0.25, -0.2) is 15.0 Å². The summed E-state index contributed by atoms with van der Waals surface area (Å²) in [6.45, 7) is 0. The molecule has 8 aromatic carbocycles. The van der Waals surface area contributed by atoms with Crippen molar-refractivity contribution in [1.29, 1.82) is 0 Å². The summed E-state index contributed by atoms with van der Waals surface area (Å²) in [6.07, 6.45) is 3.57. The fourth-order valence-corrected chi connectivity index (χ4v) is 8.38. The summed E-state index contributed by atoms with van der Waals surface area (Å²) in [5, 5.41) is 36.2. The maximum atomic E-state index is 14.5. The van der Waals surface area contributed by atoms with Gasteiger partial charge in [0.25, 0.3) is 0 Å². The minimum atomic E-state index is -0.0786. The zero-order chi connectivity index (χ0) is 36.6. The molecule has 0 unspecified atom stereocenters. The number of fused-ring (bicyclic) bond motifs is 7. The number of pyridine rings is 2. The van der Waals surface area contributed by atoms with E-state index in [0.717, 1.165) is 82.0 Å². The van der Waals surface area contributed by atoms with Crippen molar-refractivity contribution in [2.75, 3.05) is 0 Å². The zero-order valence-corrected chi connectivity index (χ0v) is 31.3. The summed E-state index contributed by atoms with van der Waals surface area (Å²) in [5.41, 5.74) is 8.52. The van der Waals surface area contributed by atoms with Gasteiger partial charge in [-0.3, -0.25) is 0 Å². The van der Waals surface area contributed by atoms with Gasteiger partial charge in [0.1, 0.15) is 5.52 Å². The van der Waals surface area contributed by atoms with Crippen molar-refractivity contribution in [3.8, 4) is 56.3 Å². The second-order valence-electron chi connectivity index (χ2n) is 13.9. The molecule has 0 aliphatic rings. The van der Waals surface area contributed by atoms with Crippen LogP contribution in [0.15, 0.2) is 168 Å². The van der Waals surface area contributed by atoms with E-state index in [1.54, 1.807) is 12.4 Å². The van der Waals surface area contributed by atoms with Crippen LogP contribution in [0.2, 0.25) is 0 Å². The van der Waals surface area contributed by atoms with Gasteiger partial charge in [0.15, 0.2) is 18.0 Å². The van der Waals surface area contributed by atoms with E-state index < -0.39 is 0 Å². The number of para-hydroxylation sites is 2. The molecule has 258 valence electrons. The number of benzene rings is 8. The largest absolute Gasteiger partial charge is 1.00 e. The van der Waals surface area contributed by atoms with Gasteiger partial charge in [-0.15, -0.1) is 0 Å². The molecule has 2 N–H and O–H groups in total. The molecular weight excluding hydrogens is 692 g/mol. The Balaban J connectivity index is 0.00000211. The van der Waals surface area contributed by atoms with E-state index in [1.165, 1.54) is 0 Å². The predicted octanol–water partition coefficient (Wildman–Crippen LogP) is 4.05. The first kappa shape index (κ1) is 36.3. The van der Waals surface area contributed by atoms with E-state index in [4.69, 9.17) is 9.40 Å². The number of aromatic amines is 2. The number of oxazole rings is 1. The molecule has 8 heteroatoms. The van der Waals surface area contributed by atoms with Crippen molar-refractivity contribution >= 4 is 65.2 Å². The third kappa shape index (κ3) is 5.69. The van der Waals surface area contributed by atoms with Crippen LogP contribution in [0.4, 0.5) is 0 Å². The van der Waals surface area contributed by atoms with Crippen LogP contribution in [0, 0.1) is 0 Å². The molecule has 0 atom stereocenters. The Morgan fingerprint density at radius 3 is 1.70 bits per heavy atom. The quantitative estimate of drug-likeness (QED) is 0.156. The maximum Gasteiger partial charge on any atom is 1.00 e. The van der Waals surface area contributed by atoms with Crippen LogP contribution in [0.25, 0.3) is 110 Å². The molecule has 0 saturated carbocycles. The first-order valence-electron chi connectivity index (χ1n) is 18.2. The average Bonchev–Trinajstić information content (AvgIpc) is 3.68. The standard InChI is InChI=1S/C49H29N3O3.2Li/c53-47-38(22-20-29-8-6-26-50-45(29)47)42-35-10-1-2-11-36(35)44(39-23-21-30-9-7-27-51-46(30)48(39)54)43-34-13-5-12-32(33(34)24-25-37(42)43)28-16-18-31(19-17-28)49-52-40-14-3-4-15-41(40)55-49;;/h1-27,53-54H;;/q;2*+1. The van der Waals surface area contributed by atoms with Gasteiger partial charge in [-0.1, -0.05) is 91.0 Å². The van der Waals surface area contributed by atoms with Gasteiger partial charge in [0, 0.05) is 28.5 Å². The van der Waals surface area contributed by atoms with Gasteiger partial charge in [-0.05, 0) is 126 Å². The molecule has 0 bridgehead atoms. The Bertz CT molecular complexity index is 3330. The smallest absolute Gasteiger partial charge is 0.868 e. The number of hydrogen-bond acceptors (Lipinski definition) is 4. The minimum absolute atomic E-state index is 0. The Kier molecular flexibility index (Phi) is 9.09. The normalized spacial score (nSPS) is 11.4.